The first-order valence-electron chi connectivity index (χ1n) is 7.64. The van der Waals surface area contributed by atoms with E-state index in [1.165, 1.54) is 5.56 Å². The lowest BCUT2D eigenvalue weighted by Gasteiger charge is -2.39. The van der Waals surface area contributed by atoms with Crippen LogP contribution in [0.15, 0.2) is 60.7 Å². The molecule has 2 N–H and O–H groups in total. The van der Waals surface area contributed by atoms with Crippen molar-refractivity contribution in [2.75, 3.05) is 13.6 Å². The van der Waals surface area contributed by atoms with Crippen LogP contribution in [0.2, 0.25) is 0 Å². The third kappa shape index (κ3) is 3.74. The summed E-state index contributed by atoms with van der Waals surface area (Å²) in [7, 11) is 1.87. The summed E-state index contributed by atoms with van der Waals surface area (Å²) in [5, 5.41) is 0. The number of benzene rings is 2. The van der Waals surface area contributed by atoms with Gasteiger partial charge in [0.1, 0.15) is 0 Å². The topological polar surface area (TPSA) is 46.3 Å². The average Bonchev–Trinajstić information content (AvgIpc) is 2.55. The molecule has 2 aromatic rings. The molecule has 116 valence electrons. The van der Waals surface area contributed by atoms with Gasteiger partial charge in [0.05, 0.1) is 0 Å². The number of nitrogens with two attached hydrogens (primary N) is 1. The van der Waals surface area contributed by atoms with Crippen molar-refractivity contribution in [1.29, 1.82) is 0 Å². The van der Waals surface area contributed by atoms with Crippen LogP contribution in [0.5, 0.6) is 0 Å². The minimum absolute atomic E-state index is 0.0347. The van der Waals surface area contributed by atoms with Crippen LogP contribution in [-0.4, -0.2) is 29.9 Å². The van der Waals surface area contributed by atoms with E-state index in [2.05, 4.69) is 19.1 Å². The van der Waals surface area contributed by atoms with Gasteiger partial charge in [-0.3, -0.25) is 4.79 Å². The third-order valence-corrected chi connectivity index (χ3v) is 4.25. The van der Waals surface area contributed by atoms with Crippen LogP contribution >= 0.6 is 0 Å². The molecule has 0 fully saturated rings. The molecule has 3 heteroatoms. The lowest BCUT2D eigenvalue weighted by molar-refractivity contribution is 0.0580. The fraction of sp³-hybridized carbons (Fsp3) is 0.316. The number of rotatable bonds is 6. The predicted molar refractivity (Wildman–Crippen MR) is 90.8 cm³/mol. The molecule has 2 rings (SSSR count). The second kappa shape index (κ2) is 7.23. The van der Waals surface area contributed by atoms with Crippen molar-refractivity contribution in [3.8, 4) is 0 Å². The van der Waals surface area contributed by atoms with Gasteiger partial charge in [0.25, 0.3) is 5.91 Å². The van der Waals surface area contributed by atoms with E-state index < -0.39 is 0 Å². The molecule has 22 heavy (non-hydrogen) atoms. The summed E-state index contributed by atoms with van der Waals surface area (Å²) in [6.45, 7) is 2.66. The van der Waals surface area contributed by atoms with Gasteiger partial charge < -0.3 is 10.6 Å². The van der Waals surface area contributed by atoms with Gasteiger partial charge in [-0.1, -0.05) is 48.5 Å². The highest BCUT2D eigenvalue weighted by atomic mass is 16.2. The number of carbonyl (C=O) groups excluding carboxylic acids is 1. The molecule has 0 aliphatic carbocycles. The largest absolute Gasteiger partial charge is 0.336 e. The van der Waals surface area contributed by atoms with Crippen molar-refractivity contribution in [1.82, 2.24) is 4.90 Å². The maximum absolute atomic E-state index is 12.7. The summed E-state index contributed by atoms with van der Waals surface area (Å²) in [5.74, 6) is 0.0347. The van der Waals surface area contributed by atoms with Gasteiger partial charge in [0, 0.05) is 18.2 Å². The van der Waals surface area contributed by atoms with Crippen molar-refractivity contribution in [3.63, 3.8) is 0 Å². The number of amides is 1. The second-order valence-electron chi connectivity index (χ2n) is 5.93. The molecule has 0 unspecified atom stereocenters. The highest BCUT2D eigenvalue weighted by Gasteiger charge is 2.32. The van der Waals surface area contributed by atoms with Crippen LogP contribution in [0.1, 0.15) is 29.3 Å². The molecule has 2 aromatic carbocycles. The van der Waals surface area contributed by atoms with Crippen molar-refractivity contribution in [3.05, 3.63) is 71.8 Å². The molecule has 0 saturated carbocycles. The predicted octanol–water partition coefficient (Wildman–Crippen LogP) is 3.11. The Hall–Kier alpha value is -2.13. The van der Waals surface area contributed by atoms with Crippen molar-refractivity contribution in [2.45, 2.75) is 25.3 Å². The Kier molecular flexibility index (Phi) is 5.34. The Bertz CT molecular complexity index is 597. The summed E-state index contributed by atoms with van der Waals surface area (Å²) in [6, 6.07) is 19.6. The van der Waals surface area contributed by atoms with Crippen LogP contribution < -0.4 is 5.73 Å². The van der Waals surface area contributed by atoms with Crippen molar-refractivity contribution >= 4 is 5.91 Å². The number of nitrogens with zero attached hydrogens (tertiary/aromatic N) is 1. The molecule has 0 radical (unpaired) electrons. The fourth-order valence-electron chi connectivity index (χ4n) is 2.74. The molecule has 0 aromatic heterocycles. The number of likely N-dealkylation sites (N-methyl/N-ethyl adjacent to an activating group) is 1. The van der Waals surface area contributed by atoms with Gasteiger partial charge in [-0.15, -0.1) is 0 Å². The normalized spacial score (nSPS) is 13.4. The number of hydrogen-bond donors (Lipinski definition) is 1. The highest BCUT2D eigenvalue weighted by molar-refractivity contribution is 5.94. The van der Waals surface area contributed by atoms with E-state index in [-0.39, 0.29) is 11.4 Å². The first-order chi connectivity index (χ1) is 10.6. The SMILES string of the molecule is CN(C(=O)c1ccccc1)[C@](C)(CCN)Cc1ccccc1. The van der Waals surface area contributed by atoms with E-state index in [0.29, 0.717) is 12.1 Å². The molecule has 3 nitrogen and oxygen atoms in total. The minimum atomic E-state index is -0.303. The van der Waals surface area contributed by atoms with E-state index in [1.54, 1.807) is 0 Å². The molecule has 0 bridgehead atoms. The molecule has 0 heterocycles. The summed E-state index contributed by atoms with van der Waals surface area (Å²) in [5.41, 5.74) is 7.43. The molecule has 0 spiro atoms. The monoisotopic (exact) mass is 296 g/mol. The maximum Gasteiger partial charge on any atom is 0.254 e. The van der Waals surface area contributed by atoms with Gasteiger partial charge in [-0.25, -0.2) is 0 Å². The lowest BCUT2D eigenvalue weighted by Crippen LogP contribution is -2.50. The standard InChI is InChI=1S/C19H24N2O/c1-19(13-14-20,15-16-9-5-3-6-10-16)21(2)18(22)17-11-7-4-8-12-17/h3-12H,13-15,20H2,1-2H3/t19-/m1/s1. The average molecular weight is 296 g/mol. The summed E-state index contributed by atoms with van der Waals surface area (Å²) in [4.78, 5) is 14.6. The van der Waals surface area contributed by atoms with Gasteiger partial charge in [0.15, 0.2) is 0 Å². The molecular weight excluding hydrogens is 272 g/mol. The van der Waals surface area contributed by atoms with Crippen molar-refractivity contribution < 1.29 is 4.79 Å². The van der Waals surface area contributed by atoms with Crippen LogP contribution in [0.3, 0.4) is 0 Å². The van der Waals surface area contributed by atoms with Crippen molar-refractivity contribution in [2.24, 2.45) is 5.73 Å². The summed E-state index contributed by atoms with van der Waals surface area (Å²) < 4.78 is 0. The fourth-order valence-corrected chi connectivity index (χ4v) is 2.74. The van der Waals surface area contributed by atoms with E-state index in [1.807, 2.05) is 60.5 Å². The van der Waals surface area contributed by atoms with E-state index in [4.69, 9.17) is 5.73 Å². The summed E-state index contributed by atoms with van der Waals surface area (Å²) in [6.07, 6.45) is 1.55. The minimum Gasteiger partial charge on any atom is -0.336 e. The maximum atomic E-state index is 12.7. The third-order valence-electron chi connectivity index (χ3n) is 4.25. The first-order valence-corrected chi connectivity index (χ1v) is 7.64. The molecule has 1 atom stereocenters. The van der Waals surface area contributed by atoms with Gasteiger partial charge in [0.2, 0.25) is 0 Å². The van der Waals surface area contributed by atoms with Crippen LogP contribution in [0.4, 0.5) is 0 Å². The van der Waals surface area contributed by atoms with Gasteiger partial charge in [-0.05, 0) is 44.0 Å². The van der Waals surface area contributed by atoms with E-state index in [9.17, 15) is 4.79 Å². The molecule has 0 aliphatic rings. The quantitative estimate of drug-likeness (QED) is 0.890. The zero-order chi connectivity index (χ0) is 16.0. The Morgan fingerprint density at radius 2 is 1.59 bits per heavy atom. The Morgan fingerprint density at radius 1 is 1.05 bits per heavy atom. The lowest BCUT2D eigenvalue weighted by atomic mass is 9.87. The smallest absolute Gasteiger partial charge is 0.254 e. The first kappa shape index (κ1) is 16.2. The highest BCUT2D eigenvalue weighted by Crippen LogP contribution is 2.25. The van der Waals surface area contributed by atoms with Gasteiger partial charge in [-0.2, -0.15) is 0 Å². The zero-order valence-corrected chi connectivity index (χ0v) is 13.3. The van der Waals surface area contributed by atoms with Gasteiger partial charge >= 0.3 is 0 Å². The van der Waals surface area contributed by atoms with Crippen LogP contribution in [0.25, 0.3) is 0 Å². The van der Waals surface area contributed by atoms with E-state index in [0.717, 1.165) is 12.8 Å². The summed E-state index contributed by atoms with van der Waals surface area (Å²) >= 11 is 0. The Labute approximate surface area is 132 Å². The molecule has 0 saturated heterocycles. The van der Waals surface area contributed by atoms with E-state index >= 15 is 0 Å². The van der Waals surface area contributed by atoms with Crippen LogP contribution in [0, 0.1) is 0 Å². The zero-order valence-electron chi connectivity index (χ0n) is 13.3. The number of hydrogen-bond acceptors (Lipinski definition) is 2. The Balaban J connectivity index is 2.24. The molecule has 0 aliphatic heterocycles. The van der Waals surface area contributed by atoms with Crippen LogP contribution in [-0.2, 0) is 6.42 Å². The second-order valence-corrected chi connectivity index (χ2v) is 5.93. The molecule has 1 amide bonds. The molecular formula is C19H24N2O. The number of carbonyl (C=O) groups is 1. The Morgan fingerprint density at radius 3 is 2.14 bits per heavy atom.